The lowest BCUT2D eigenvalue weighted by atomic mass is 10.2. The van der Waals surface area contributed by atoms with Crippen LogP contribution in [0, 0.1) is 0 Å². The predicted octanol–water partition coefficient (Wildman–Crippen LogP) is 1.68. The predicted molar refractivity (Wildman–Crippen MR) is 50.6 cm³/mol. The molecule has 2 rings (SSSR count). The van der Waals surface area contributed by atoms with Gasteiger partial charge in [0.25, 0.3) is 0 Å². The summed E-state index contributed by atoms with van der Waals surface area (Å²) in [6.45, 7) is 0. The van der Waals surface area contributed by atoms with Crippen LogP contribution in [0.1, 0.15) is 23.2 Å². The number of nitrogens with one attached hydrogen (secondary N) is 1. The zero-order valence-electron chi connectivity index (χ0n) is 8.45. The quantitative estimate of drug-likeness (QED) is 0.849. The first kappa shape index (κ1) is 11.6. The average molecular weight is 247 g/mol. The number of aromatic nitrogens is 2. The smallest absolute Gasteiger partial charge is 0.411 e. The van der Waals surface area contributed by atoms with E-state index in [1.807, 2.05) is 0 Å². The number of halogens is 3. The van der Waals surface area contributed by atoms with Gasteiger partial charge in [0.2, 0.25) is 0 Å². The minimum Gasteiger partial charge on any atom is -0.478 e. The van der Waals surface area contributed by atoms with E-state index in [2.05, 4.69) is 15.5 Å². The van der Waals surface area contributed by atoms with Crippen molar-refractivity contribution >= 4 is 11.8 Å². The van der Waals surface area contributed by atoms with Gasteiger partial charge in [0.15, 0.2) is 5.82 Å². The Hall–Kier alpha value is -1.86. The molecule has 0 unspecified atom stereocenters. The Morgan fingerprint density at radius 1 is 1.47 bits per heavy atom. The Kier molecular flexibility index (Phi) is 2.44. The summed E-state index contributed by atoms with van der Waals surface area (Å²) in [4.78, 5) is 10.8. The average Bonchev–Trinajstić information content (AvgIpc) is 2.98. The van der Waals surface area contributed by atoms with E-state index in [-0.39, 0.29) is 24.2 Å². The highest BCUT2D eigenvalue weighted by Crippen LogP contribution is 2.51. The van der Waals surface area contributed by atoms with Gasteiger partial charge in [0.05, 0.1) is 6.20 Å². The third-order valence-electron chi connectivity index (χ3n) is 2.60. The van der Waals surface area contributed by atoms with Crippen molar-refractivity contribution in [2.75, 3.05) is 5.32 Å². The molecule has 92 valence electrons. The lowest BCUT2D eigenvalue weighted by molar-refractivity contribution is -0.151. The molecule has 5 nitrogen and oxygen atoms in total. The molecule has 17 heavy (non-hydrogen) atoms. The summed E-state index contributed by atoms with van der Waals surface area (Å²) in [6, 6.07) is 1.10. The Morgan fingerprint density at radius 3 is 2.59 bits per heavy atom. The topological polar surface area (TPSA) is 75.1 Å². The van der Waals surface area contributed by atoms with Gasteiger partial charge in [-0.3, -0.25) is 0 Å². The van der Waals surface area contributed by atoms with Crippen molar-refractivity contribution in [3.63, 3.8) is 0 Å². The summed E-state index contributed by atoms with van der Waals surface area (Å²) < 4.78 is 38.0. The van der Waals surface area contributed by atoms with Crippen LogP contribution in [0.2, 0.25) is 0 Å². The standard InChI is InChI=1S/C9H8F3N3O2/c10-9(11,12)8(2-3-8)14-6-5(7(16)17)1-4-13-15-6/h1,4H,2-3H2,(H,14,15)(H,16,17). The maximum absolute atomic E-state index is 12.7. The fraction of sp³-hybridized carbons (Fsp3) is 0.444. The number of carboxylic acids is 1. The monoisotopic (exact) mass is 247 g/mol. The van der Waals surface area contributed by atoms with Crippen LogP contribution in [0.5, 0.6) is 0 Å². The van der Waals surface area contributed by atoms with Crippen LogP contribution < -0.4 is 5.32 Å². The molecule has 0 spiro atoms. The number of rotatable bonds is 3. The van der Waals surface area contributed by atoms with Gasteiger partial charge in [0.1, 0.15) is 11.1 Å². The molecule has 0 amide bonds. The number of hydrogen-bond donors (Lipinski definition) is 2. The summed E-state index contributed by atoms with van der Waals surface area (Å²) in [6.07, 6.45) is -3.50. The second kappa shape index (κ2) is 3.57. The maximum atomic E-state index is 12.7. The minimum absolute atomic E-state index is 0.0911. The van der Waals surface area contributed by atoms with Gasteiger partial charge in [-0.15, -0.1) is 5.10 Å². The van der Waals surface area contributed by atoms with Crippen molar-refractivity contribution in [3.8, 4) is 0 Å². The minimum atomic E-state index is -4.43. The summed E-state index contributed by atoms with van der Waals surface area (Å²) in [5, 5.41) is 17.7. The van der Waals surface area contributed by atoms with Crippen LogP contribution in [0.15, 0.2) is 12.3 Å². The second-order valence-corrected chi connectivity index (χ2v) is 3.80. The molecule has 1 aromatic heterocycles. The van der Waals surface area contributed by atoms with Crippen molar-refractivity contribution in [3.05, 3.63) is 17.8 Å². The third-order valence-corrected chi connectivity index (χ3v) is 2.60. The molecular formula is C9H8F3N3O2. The molecule has 1 aromatic rings. The van der Waals surface area contributed by atoms with Crippen LogP contribution in [0.25, 0.3) is 0 Å². The number of aromatic carboxylic acids is 1. The Bertz CT molecular complexity index is 457. The third kappa shape index (κ3) is 2.02. The summed E-state index contributed by atoms with van der Waals surface area (Å²) in [5.41, 5.74) is -2.37. The molecule has 0 aromatic carbocycles. The van der Waals surface area contributed by atoms with Crippen molar-refractivity contribution in [1.29, 1.82) is 0 Å². The fourth-order valence-corrected chi connectivity index (χ4v) is 1.43. The van der Waals surface area contributed by atoms with Crippen LogP contribution >= 0.6 is 0 Å². The summed E-state index contributed by atoms with van der Waals surface area (Å²) >= 11 is 0. The highest BCUT2D eigenvalue weighted by atomic mass is 19.4. The molecule has 0 aliphatic heterocycles. The zero-order valence-corrected chi connectivity index (χ0v) is 8.45. The van der Waals surface area contributed by atoms with Gasteiger partial charge in [-0.05, 0) is 18.9 Å². The largest absolute Gasteiger partial charge is 0.478 e. The van der Waals surface area contributed by atoms with E-state index in [1.165, 1.54) is 0 Å². The Morgan fingerprint density at radius 2 is 2.12 bits per heavy atom. The first-order chi connectivity index (χ1) is 7.86. The molecule has 2 N–H and O–H groups in total. The van der Waals surface area contributed by atoms with Crippen molar-refractivity contribution in [2.45, 2.75) is 24.6 Å². The molecule has 1 fully saturated rings. The molecule has 1 aliphatic carbocycles. The van der Waals surface area contributed by atoms with Crippen molar-refractivity contribution in [2.24, 2.45) is 0 Å². The van der Waals surface area contributed by atoms with Crippen molar-refractivity contribution in [1.82, 2.24) is 10.2 Å². The van der Waals surface area contributed by atoms with Gasteiger partial charge in [-0.25, -0.2) is 4.79 Å². The molecule has 1 heterocycles. The van der Waals surface area contributed by atoms with Crippen LogP contribution in [0.3, 0.4) is 0 Å². The summed E-state index contributed by atoms with van der Waals surface area (Å²) in [7, 11) is 0. The van der Waals surface area contributed by atoms with E-state index >= 15 is 0 Å². The number of carboxylic acid groups (broad SMARTS) is 1. The van der Waals surface area contributed by atoms with Gasteiger partial charge in [-0.1, -0.05) is 0 Å². The molecule has 0 atom stereocenters. The molecule has 1 aliphatic rings. The van der Waals surface area contributed by atoms with Gasteiger partial charge in [-0.2, -0.15) is 18.3 Å². The molecule has 0 bridgehead atoms. The van der Waals surface area contributed by atoms with Gasteiger partial charge < -0.3 is 10.4 Å². The SMILES string of the molecule is O=C(O)c1ccnnc1NC1(C(F)(F)F)CC1. The van der Waals surface area contributed by atoms with E-state index in [4.69, 9.17) is 5.11 Å². The van der Waals surface area contributed by atoms with Gasteiger partial charge in [0, 0.05) is 0 Å². The fourth-order valence-electron chi connectivity index (χ4n) is 1.43. The number of alkyl halides is 3. The van der Waals surface area contributed by atoms with E-state index in [0.717, 1.165) is 12.3 Å². The Labute approximate surface area is 93.7 Å². The normalized spacial score (nSPS) is 17.6. The first-order valence-corrected chi connectivity index (χ1v) is 4.76. The molecule has 8 heteroatoms. The highest BCUT2D eigenvalue weighted by molar-refractivity contribution is 5.93. The van der Waals surface area contributed by atoms with Crippen LogP contribution in [-0.2, 0) is 0 Å². The molecular weight excluding hydrogens is 239 g/mol. The molecule has 0 radical (unpaired) electrons. The highest BCUT2D eigenvalue weighted by Gasteiger charge is 2.64. The van der Waals surface area contributed by atoms with Crippen molar-refractivity contribution < 1.29 is 23.1 Å². The van der Waals surface area contributed by atoms with E-state index in [0.29, 0.717) is 0 Å². The van der Waals surface area contributed by atoms with E-state index < -0.39 is 17.7 Å². The Balaban J connectivity index is 2.29. The number of carbonyl (C=O) groups is 1. The number of hydrogen-bond acceptors (Lipinski definition) is 4. The van der Waals surface area contributed by atoms with E-state index in [1.54, 1.807) is 0 Å². The van der Waals surface area contributed by atoms with E-state index in [9.17, 15) is 18.0 Å². The molecule has 1 saturated carbocycles. The van der Waals surface area contributed by atoms with Gasteiger partial charge >= 0.3 is 12.1 Å². The second-order valence-electron chi connectivity index (χ2n) is 3.80. The van der Waals surface area contributed by atoms with Crippen LogP contribution in [-0.4, -0.2) is 33.0 Å². The lowest BCUT2D eigenvalue weighted by Crippen LogP contribution is -2.39. The maximum Gasteiger partial charge on any atom is 0.411 e. The zero-order chi connectivity index (χ0) is 12.7. The number of nitrogens with zero attached hydrogens (tertiary/aromatic N) is 2. The molecule has 0 saturated heterocycles. The number of anilines is 1. The lowest BCUT2D eigenvalue weighted by Gasteiger charge is -2.21. The first-order valence-electron chi connectivity index (χ1n) is 4.76. The summed E-state index contributed by atoms with van der Waals surface area (Å²) in [5.74, 6) is -1.70. The van der Waals surface area contributed by atoms with Crippen LogP contribution in [0.4, 0.5) is 19.0 Å².